The zero-order valence-electron chi connectivity index (χ0n) is 22.7. The van der Waals surface area contributed by atoms with Crippen molar-refractivity contribution in [1.29, 1.82) is 0 Å². The molecule has 7 nitrogen and oxygen atoms in total. The third kappa shape index (κ3) is 5.44. The summed E-state index contributed by atoms with van der Waals surface area (Å²) in [6.45, 7) is 11.3. The number of benzene rings is 2. The lowest BCUT2D eigenvalue weighted by Crippen LogP contribution is -2.35. The lowest BCUT2D eigenvalue weighted by molar-refractivity contribution is -0.110. The van der Waals surface area contributed by atoms with Crippen molar-refractivity contribution in [3.8, 4) is 21.0 Å². The first-order valence-electron chi connectivity index (χ1n) is 13.3. The molecule has 0 radical (unpaired) electrons. The molecule has 0 aliphatic carbocycles. The fourth-order valence-electron chi connectivity index (χ4n) is 4.97. The number of aromatic nitrogens is 2. The Balaban J connectivity index is 1.41. The van der Waals surface area contributed by atoms with Gasteiger partial charge in [-0.1, -0.05) is 50.2 Å². The molecule has 0 fully saturated rings. The van der Waals surface area contributed by atoms with Crippen LogP contribution in [0.2, 0.25) is 0 Å². The number of carbonyl (C=O) groups is 2. The van der Waals surface area contributed by atoms with Crippen LogP contribution in [0.3, 0.4) is 0 Å². The molecule has 39 heavy (non-hydrogen) atoms. The Labute approximate surface area is 233 Å². The van der Waals surface area contributed by atoms with Gasteiger partial charge in [-0.3, -0.25) is 9.59 Å². The summed E-state index contributed by atoms with van der Waals surface area (Å²) >= 11 is 1.62. The summed E-state index contributed by atoms with van der Waals surface area (Å²) in [5.41, 5.74) is 7.26. The Morgan fingerprint density at radius 3 is 2.59 bits per heavy atom. The first-order chi connectivity index (χ1) is 18.9. The van der Waals surface area contributed by atoms with E-state index in [4.69, 9.17) is 0 Å². The highest BCUT2D eigenvalue weighted by molar-refractivity contribution is 7.18. The zero-order valence-corrected chi connectivity index (χ0v) is 23.5. The molecule has 1 aliphatic heterocycles. The maximum atomic E-state index is 13.0. The molecule has 3 N–H and O–H groups in total. The average Bonchev–Trinajstić information content (AvgIpc) is 3.63. The number of fused-ring (bicyclic) bond motifs is 1. The number of thiazole rings is 1. The SMILES string of the molecule is CCN(CC)CCNC(=O)c1c(C)[nH]c(/C=C2\C(=O)Nc3ccc(-c4cnc(-c5ccccc5)s4)cc32)c1C. The van der Waals surface area contributed by atoms with Crippen LogP contribution in [0.5, 0.6) is 0 Å². The third-order valence-electron chi connectivity index (χ3n) is 7.21. The number of hydrogen-bond donors (Lipinski definition) is 3. The Kier molecular flexibility index (Phi) is 7.77. The summed E-state index contributed by atoms with van der Waals surface area (Å²) < 4.78 is 0. The molecular formula is C31H33N5O2S. The van der Waals surface area contributed by atoms with Crippen molar-refractivity contribution < 1.29 is 9.59 Å². The second-order valence-corrected chi connectivity index (χ2v) is 10.6. The highest BCUT2D eigenvalue weighted by Crippen LogP contribution is 2.39. The number of anilines is 1. The molecule has 0 spiro atoms. The van der Waals surface area contributed by atoms with Gasteiger partial charge in [-0.25, -0.2) is 4.98 Å². The summed E-state index contributed by atoms with van der Waals surface area (Å²) in [6, 6.07) is 16.1. The van der Waals surface area contributed by atoms with Crippen molar-refractivity contribution in [3.05, 3.63) is 82.8 Å². The molecule has 5 rings (SSSR count). The quantitative estimate of drug-likeness (QED) is 0.228. The summed E-state index contributed by atoms with van der Waals surface area (Å²) in [6.07, 6.45) is 3.73. The fourth-order valence-corrected chi connectivity index (χ4v) is 5.88. The summed E-state index contributed by atoms with van der Waals surface area (Å²) in [4.78, 5) is 37.2. The van der Waals surface area contributed by atoms with Gasteiger partial charge in [0.15, 0.2) is 0 Å². The van der Waals surface area contributed by atoms with Gasteiger partial charge in [0.25, 0.3) is 11.8 Å². The van der Waals surface area contributed by atoms with E-state index < -0.39 is 0 Å². The number of aryl methyl sites for hydroxylation is 1. The molecular weight excluding hydrogens is 506 g/mol. The molecule has 3 heterocycles. The van der Waals surface area contributed by atoms with Gasteiger partial charge in [-0.15, -0.1) is 11.3 Å². The average molecular weight is 540 g/mol. The number of hydrogen-bond acceptors (Lipinski definition) is 5. The minimum Gasteiger partial charge on any atom is -0.358 e. The predicted molar refractivity (Wildman–Crippen MR) is 160 cm³/mol. The van der Waals surface area contributed by atoms with Crippen LogP contribution in [-0.4, -0.2) is 52.9 Å². The molecule has 8 heteroatoms. The van der Waals surface area contributed by atoms with E-state index in [-0.39, 0.29) is 11.8 Å². The number of nitrogens with one attached hydrogen (secondary N) is 3. The number of H-pyrrole nitrogens is 1. The normalized spacial score (nSPS) is 13.7. The Hall–Kier alpha value is -4.01. The molecule has 2 aromatic carbocycles. The van der Waals surface area contributed by atoms with Gasteiger partial charge in [0, 0.05) is 47.5 Å². The topological polar surface area (TPSA) is 90.1 Å². The van der Waals surface area contributed by atoms with Crippen molar-refractivity contribution in [1.82, 2.24) is 20.2 Å². The van der Waals surface area contributed by atoms with Crippen LogP contribution in [0.4, 0.5) is 5.69 Å². The number of likely N-dealkylation sites (N-methyl/N-ethyl adjacent to an activating group) is 1. The van der Waals surface area contributed by atoms with E-state index in [0.717, 1.165) is 68.8 Å². The molecule has 0 saturated heterocycles. The third-order valence-corrected chi connectivity index (χ3v) is 8.31. The first kappa shape index (κ1) is 26.6. The van der Waals surface area contributed by atoms with Crippen LogP contribution in [0.15, 0.2) is 54.7 Å². The van der Waals surface area contributed by atoms with Crippen LogP contribution in [0.25, 0.3) is 32.7 Å². The van der Waals surface area contributed by atoms with Crippen molar-refractivity contribution in [3.63, 3.8) is 0 Å². The van der Waals surface area contributed by atoms with E-state index >= 15 is 0 Å². The van der Waals surface area contributed by atoms with Crippen molar-refractivity contribution in [2.24, 2.45) is 0 Å². The van der Waals surface area contributed by atoms with Gasteiger partial charge in [0.2, 0.25) is 0 Å². The van der Waals surface area contributed by atoms with Gasteiger partial charge in [0.05, 0.1) is 16.0 Å². The van der Waals surface area contributed by atoms with E-state index in [9.17, 15) is 9.59 Å². The largest absolute Gasteiger partial charge is 0.358 e. The lowest BCUT2D eigenvalue weighted by Gasteiger charge is -2.18. The standard InChI is InChI=1S/C31H33N5O2S/c1-5-36(6-2)15-14-32-30(38)28-19(3)26(34-20(28)4)17-24-23-16-22(12-13-25(23)35-29(24)37)27-18-33-31(39-27)21-10-8-7-9-11-21/h7-13,16-18,34H,5-6,14-15H2,1-4H3,(H,32,38)(H,35,37)/b24-17-. The summed E-state index contributed by atoms with van der Waals surface area (Å²) in [5, 5.41) is 6.97. The molecule has 2 aromatic heterocycles. The second kappa shape index (κ2) is 11.4. The van der Waals surface area contributed by atoms with E-state index in [0.29, 0.717) is 17.7 Å². The molecule has 200 valence electrons. The monoisotopic (exact) mass is 539 g/mol. The molecule has 0 saturated carbocycles. The fraction of sp³-hybridized carbons (Fsp3) is 0.258. The molecule has 4 aromatic rings. The Morgan fingerprint density at radius 2 is 1.85 bits per heavy atom. The second-order valence-electron chi connectivity index (χ2n) is 9.61. The molecule has 1 aliphatic rings. The minimum absolute atomic E-state index is 0.101. The Morgan fingerprint density at radius 1 is 1.08 bits per heavy atom. The summed E-state index contributed by atoms with van der Waals surface area (Å²) in [7, 11) is 0. The van der Waals surface area contributed by atoms with Gasteiger partial charge < -0.3 is 20.5 Å². The van der Waals surface area contributed by atoms with Crippen molar-refractivity contribution >= 4 is 40.5 Å². The van der Waals surface area contributed by atoms with Crippen LogP contribution in [0, 0.1) is 13.8 Å². The van der Waals surface area contributed by atoms with Crippen molar-refractivity contribution in [2.45, 2.75) is 27.7 Å². The number of nitrogens with zero attached hydrogens (tertiary/aromatic N) is 2. The van der Waals surface area contributed by atoms with Gasteiger partial charge in [-0.05, 0) is 56.3 Å². The number of amides is 2. The van der Waals surface area contributed by atoms with Crippen LogP contribution < -0.4 is 10.6 Å². The highest BCUT2D eigenvalue weighted by atomic mass is 32.1. The number of aromatic amines is 1. The van der Waals surface area contributed by atoms with Crippen LogP contribution in [0.1, 0.15) is 46.7 Å². The smallest absolute Gasteiger partial charge is 0.256 e. The molecule has 2 amide bonds. The first-order valence-corrected chi connectivity index (χ1v) is 14.1. The molecule has 0 atom stereocenters. The van der Waals surface area contributed by atoms with Gasteiger partial charge in [0.1, 0.15) is 5.01 Å². The van der Waals surface area contributed by atoms with Gasteiger partial charge in [-0.2, -0.15) is 0 Å². The van der Waals surface area contributed by atoms with Crippen molar-refractivity contribution in [2.75, 3.05) is 31.5 Å². The highest BCUT2D eigenvalue weighted by Gasteiger charge is 2.26. The number of rotatable bonds is 9. The molecule has 0 bridgehead atoms. The summed E-state index contributed by atoms with van der Waals surface area (Å²) in [5.74, 6) is -0.260. The van der Waals surface area contributed by atoms with E-state index in [1.54, 1.807) is 11.3 Å². The predicted octanol–water partition coefficient (Wildman–Crippen LogP) is 5.99. The van der Waals surface area contributed by atoms with E-state index in [1.165, 1.54) is 0 Å². The molecule has 0 unspecified atom stereocenters. The maximum Gasteiger partial charge on any atom is 0.256 e. The lowest BCUT2D eigenvalue weighted by atomic mass is 10.0. The van der Waals surface area contributed by atoms with E-state index in [2.05, 4.69) is 51.5 Å². The van der Waals surface area contributed by atoms with Crippen LogP contribution in [-0.2, 0) is 4.79 Å². The zero-order chi connectivity index (χ0) is 27.5. The Bertz CT molecular complexity index is 1550. The minimum atomic E-state index is -0.159. The van der Waals surface area contributed by atoms with Crippen LogP contribution >= 0.6 is 11.3 Å². The number of carbonyl (C=O) groups excluding carboxylic acids is 2. The maximum absolute atomic E-state index is 13.0. The van der Waals surface area contributed by atoms with E-state index in [1.807, 2.05) is 62.5 Å². The van der Waals surface area contributed by atoms with Gasteiger partial charge >= 0.3 is 0 Å².